The number of hydrogen-bond donors (Lipinski definition) is 1. The monoisotopic (exact) mass is 236 g/mol. The quantitative estimate of drug-likeness (QED) is 0.489. The van der Waals surface area contributed by atoms with Crippen LogP contribution in [0.1, 0.15) is 5.56 Å². The zero-order valence-corrected chi connectivity index (χ0v) is 10.2. The van der Waals surface area contributed by atoms with Gasteiger partial charge in [0.2, 0.25) is 0 Å². The SMILES string of the molecule is C=CCN(C(=N)c1ccccc1)c1ccccc1. The zero-order valence-electron chi connectivity index (χ0n) is 10.2. The van der Waals surface area contributed by atoms with E-state index in [-0.39, 0.29) is 0 Å². The van der Waals surface area contributed by atoms with E-state index in [4.69, 9.17) is 5.41 Å². The lowest BCUT2D eigenvalue weighted by molar-refractivity contribution is 1.12. The molecule has 1 N–H and O–H groups in total. The van der Waals surface area contributed by atoms with Crippen molar-refractivity contribution in [1.82, 2.24) is 0 Å². The molecule has 0 radical (unpaired) electrons. The predicted molar refractivity (Wildman–Crippen MR) is 77.3 cm³/mol. The standard InChI is InChI=1S/C16H16N2/c1-2-13-18(15-11-7-4-8-12-15)16(17)14-9-5-3-6-10-14/h2-12,17H,1,13H2. The Balaban J connectivity index is 2.32. The highest BCUT2D eigenvalue weighted by atomic mass is 15.2. The molecule has 0 aliphatic heterocycles. The second kappa shape index (κ2) is 5.82. The van der Waals surface area contributed by atoms with Crippen LogP contribution in [0, 0.1) is 5.41 Å². The van der Waals surface area contributed by atoms with Crippen molar-refractivity contribution in [1.29, 1.82) is 5.41 Å². The molecule has 2 heteroatoms. The van der Waals surface area contributed by atoms with Crippen molar-refractivity contribution in [3.63, 3.8) is 0 Å². The number of nitrogens with one attached hydrogen (secondary N) is 1. The molecule has 0 bridgehead atoms. The van der Waals surface area contributed by atoms with Crippen LogP contribution < -0.4 is 4.90 Å². The van der Waals surface area contributed by atoms with Crippen LogP contribution in [0.15, 0.2) is 73.3 Å². The van der Waals surface area contributed by atoms with Gasteiger partial charge in [-0.2, -0.15) is 0 Å². The molecule has 2 nitrogen and oxygen atoms in total. The van der Waals surface area contributed by atoms with Crippen molar-refractivity contribution in [3.8, 4) is 0 Å². The molecule has 0 aromatic heterocycles. The first kappa shape index (κ1) is 12.1. The molecule has 0 aliphatic rings. The Hall–Kier alpha value is -2.35. The lowest BCUT2D eigenvalue weighted by atomic mass is 10.1. The van der Waals surface area contributed by atoms with Gasteiger partial charge in [0.05, 0.1) is 0 Å². The molecule has 0 amide bonds. The van der Waals surface area contributed by atoms with Crippen LogP contribution in [0.2, 0.25) is 0 Å². The van der Waals surface area contributed by atoms with Gasteiger partial charge in [-0.1, -0.05) is 54.6 Å². The summed E-state index contributed by atoms with van der Waals surface area (Å²) in [6, 6.07) is 19.7. The van der Waals surface area contributed by atoms with Gasteiger partial charge in [0.1, 0.15) is 5.84 Å². The van der Waals surface area contributed by atoms with Crippen LogP contribution in [0.25, 0.3) is 0 Å². The number of hydrogen-bond acceptors (Lipinski definition) is 1. The Morgan fingerprint density at radius 3 is 2.11 bits per heavy atom. The van der Waals surface area contributed by atoms with Gasteiger partial charge >= 0.3 is 0 Å². The Bertz CT molecular complexity index is 517. The molecule has 2 aromatic carbocycles. The van der Waals surface area contributed by atoms with E-state index in [0.29, 0.717) is 12.4 Å². The van der Waals surface area contributed by atoms with Crippen molar-refractivity contribution in [2.24, 2.45) is 0 Å². The number of anilines is 1. The van der Waals surface area contributed by atoms with Gasteiger partial charge in [-0.05, 0) is 12.1 Å². The fourth-order valence-corrected chi connectivity index (χ4v) is 1.81. The summed E-state index contributed by atoms with van der Waals surface area (Å²) in [5, 5.41) is 8.31. The maximum atomic E-state index is 8.31. The molecule has 2 aromatic rings. The van der Waals surface area contributed by atoms with E-state index < -0.39 is 0 Å². The summed E-state index contributed by atoms with van der Waals surface area (Å²) >= 11 is 0. The van der Waals surface area contributed by atoms with Crippen LogP contribution in [0.3, 0.4) is 0 Å². The molecule has 0 spiro atoms. The van der Waals surface area contributed by atoms with Crippen molar-refractivity contribution < 1.29 is 0 Å². The number of para-hydroxylation sites is 1. The van der Waals surface area contributed by atoms with Gasteiger partial charge in [0.15, 0.2) is 0 Å². The maximum Gasteiger partial charge on any atom is 0.132 e. The molecule has 0 aliphatic carbocycles. The largest absolute Gasteiger partial charge is 0.323 e. The lowest BCUT2D eigenvalue weighted by Crippen LogP contribution is -2.30. The molecule has 0 heterocycles. The second-order valence-corrected chi connectivity index (χ2v) is 3.95. The lowest BCUT2D eigenvalue weighted by Gasteiger charge is -2.24. The molecule has 0 saturated carbocycles. The Morgan fingerprint density at radius 2 is 1.56 bits per heavy atom. The van der Waals surface area contributed by atoms with E-state index in [1.165, 1.54) is 0 Å². The summed E-state index contributed by atoms with van der Waals surface area (Å²) in [6.07, 6.45) is 1.81. The summed E-state index contributed by atoms with van der Waals surface area (Å²) in [5.41, 5.74) is 1.91. The van der Waals surface area contributed by atoms with E-state index in [0.717, 1.165) is 11.3 Å². The van der Waals surface area contributed by atoms with Crippen molar-refractivity contribution in [3.05, 3.63) is 78.9 Å². The minimum absolute atomic E-state index is 0.488. The minimum atomic E-state index is 0.488. The van der Waals surface area contributed by atoms with Gasteiger partial charge in [-0.15, -0.1) is 6.58 Å². The molecule has 90 valence electrons. The van der Waals surface area contributed by atoms with E-state index in [9.17, 15) is 0 Å². The summed E-state index contributed by atoms with van der Waals surface area (Å²) < 4.78 is 0. The van der Waals surface area contributed by atoms with Crippen LogP contribution >= 0.6 is 0 Å². The fourth-order valence-electron chi connectivity index (χ4n) is 1.81. The first-order valence-corrected chi connectivity index (χ1v) is 5.90. The smallest absolute Gasteiger partial charge is 0.132 e. The van der Waals surface area contributed by atoms with Crippen molar-refractivity contribution in [2.75, 3.05) is 11.4 Å². The first-order chi connectivity index (χ1) is 8.83. The Morgan fingerprint density at radius 1 is 1.00 bits per heavy atom. The van der Waals surface area contributed by atoms with Crippen LogP contribution in [0.4, 0.5) is 5.69 Å². The maximum absolute atomic E-state index is 8.31. The average Bonchev–Trinajstić information content (AvgIpc) is 2.46. The Labute approximate surface area is 108 Å². The highest BCUT2D eigenvalue weighted by Crippen LogP contribution is 2.16. The van der Waals surface area contributed by atoms with Crippen LogP contribution in [0.5, 0.6) is 0 Å². The van der Waals surface area contributed by atoms with Gasteiger partial charge in [0, 0.05) is 17.8 Å². The molecule has 2 rings (SSSR count). The highest BCUT2D eigenvalue weighted by Gasteiger charge is 2.11. The first-order valence-electron chi connectivity index (χ1n) is 5.90. The predicted octanol–water partition coefficient (Wildman–Crippen LogP) is 3.70. The van der Waals surface area contributed by atoms with E-state index in [2.05, 4.69) is 6.58 Å². The van der Waals surface area contributed by atoms with Gasteiger partial charge in [-0.25, -0.2) is 0 Å². The van der Waals surface area contributed by atoms with E-state index in [1.807, 2.05) is 71.6 Å². The summed E-state index contributed by atoms with van der Waals surface area (Å²) in [5.74, 6) is 0.488. The van der Waals surface area contributed by atoms with Crippen LogP contribution in [-0.4, -0.2) is 12.4 Å². The average molecular weight is 236 g/mol. The summed E-state index contributed by atoms with van der Waals surface area (Å²) in [6.45, 7) is 4.39. The molecular formula is C16H16N2. The summed E-state index contributed by atoms with van der Waals surface area (Å²) in [4.78, 5) is 1.93. The normalized spacial score (nSPS) is 9.78. The fraction of sp³-hybridized carbons (Fsp3) is 0.0625. The molecule has 0 saturated heterocycles. The van der Waals surface area contributed by atoms with Crippen LogP contribution in [-0.2, 0) is 0 Å². The molecular weight excluding hydrogens is 220 g/mol. The number of nitrogens with zero attached hydrogens (tertiary/aromatic N) is 1. The number of amidine groups is 1. The number of benzene rings is 2. The zero-order chi connectivity index (χ0) is 12.8. The molecule has 0 unspecified atom stereocenters. The third-order valence-electron chi connectivity index (χ3n) is 2.70. The molecule has 0 fully saturated rings. The van der Waals surface area contributed by atoms with E-state index in [1.54, 1.807) is 0 Å². The third kappa shape index (κ3) is 2.66. The van der Waals surface area contributed by atoms with Gasteiger partial charge in [-0.3, -0.25) is 5.41 Å². The van der Waals surface area contributed by atoms with Gasteiger partial charge in [0.25, 0.3) is 0 Å². The summed E-state index contributed by atoms with van der Waals surface area (Å²) in [7, 11) is 0. The third-order valence-corrected chi connectivity index (χ3v) is 2.70. The topological polar surface area (TPSA) is 27.1 Å². The van der Waals surface area contributed by atoms with Gasteiger partial charge < -0.3 is 4.90 Å². The molecule has 0 atom stereocenters. The highest BCUT2D eigenvalue weighted by molar-refractivity contribution is 6.08. The van der Waals surface area contributed by atoms with E-state index >= 15 is 0 Å². The second-order valence-electron chi connectivity index (χ2n) is 3.95. The Kier molecular flexibility index (Phi) is 3.92. The van der Waals surface area contributed by atoms with Crippen molar-refractivity contribution >= 4 is 11.5 Å². The van der Waals surface area contributed by atoms with Crippen molar-refractivity contribution in [2.45, 2.75) is 0 Å². The molecule has 18 heavy (non-hydrogen) atoms. The minimum Gasteiger partial charge on any atom is -0.323 e. The number of rotatable bonds is 4.